The van der Waals surface area contributed by atoms with Crippen molar-refractivity contribution in [3.8, 4) is 17.2 Å². The van der Waals surface area contributed by atoms with E-state index in [1.165, 1.54) is 0 Å². The van der Waals surface area contributed by atoms with Crippen LogP contribution in [-0.2, 0) is 10.0 Å². The smallest absolute Gasteiger partial charge is 0.262 e. The number of hydrogen-bond donors (Lipinski definition) is 1. The van der Waals surface area contributed by atoms with Crippen LogP contribution in [0.5, 0.6) is 17.2 Å². The molecule has 1 N–H and O–H groups in total. The lowest BCUT2D eigenvalue weighted by Gasteiger charge is -2.14. The standard InChI is InChI=1S/C20H20N2O4S/c1-14-13-20(15(2)12-19(14)25-3)27(23,24)22-16-4-6-17(7-5-16)26-18-8-10-21-11-9-18/h4-13,22H,1-3H3. The van der Waals surface area contributed by atoms with E-state index in [-0.39, 0.29) is 4.90 Å². The van der Waals surface area contributed by atoms with Crippen molar-refractivity contribution in [2.24, 2.45) is 0 Å². The van der Waals surface area contributed by atoms with Gasteiger partial charge >= 0.3 is 0 Å². The normalized spacial score (nSPS) is 11.1. The van der Waals surface area contributed by atoms with Gasteiger partial charge in [0.2, 0.25) is 0 Å². The van der Waals surface area contributed by atoms with Gasteiger partial charge in [0.1, 0.15) is 17.2 Å². The molecule has 3 rings (SSSR count). The third-order valence-electron chi connectivity index (χ3n) is 3.97. The van der Waals surface area contributed by atoms with Gasteiger partial charge in [-0.3, -0.25) is 9.71 Å². The highest BCUT2D eigenvalue weighted by atomic mass is 32.2. The molecule has 6 nitrogen and oxygen atoms in total. The molecule has 0 fully saturated rings. The van der Waals surface area contributed by atoms with Gasteiger partial charge in [0.05, 0.1) is 12.0 Å². The Morgan fingerprint density at radius 1 is 0.889 bits per heavy atom. The Morgan fingerprint density at radius 3 is 2.15 bits per heavy atom. The lowest BCUT2D eigenvalue weighted by molar-refractivity contribution is 0.411. The molecule has 0 saturated heterocycles. The van der Waals surface area contributed by atoms with Gasteiger partial charge < -0.3 is 9.47 Å². The summed E-state index contributed by atoms with van der Waals surface area (Å²) < 4.78 is 39.0. The van der Waals surface area contributed by atoms with Crippen molar-refractivity contribution in [1.82, 2.24) is 4.98 Å². The van der Waals surface area contributed by atoms with Crippen molar-refractivity contribution >= 4 is 15.7 Å². The highest BCUT2D eigenvalue weighted by molar-refractivity contribution is 7.92. The third kappa shape index (κ3) is 4.38. The Bertz CT molecular complexity index is 1030. The molecule has 0 radical (unpaired) electrons. The van der Waals surface area contributed by atoms with Crippen LogP contribution >= 0.6 is 0 Å². The number of pyridine rings is 1. The minimum Gasteiger partial charge on any atom is -0.496 e. The number of hydrogen-bond acceptors (Lipinski definition) is 5. The highest BCUT2D eigenvalue weighted by Crippen LogP contribution is 2.28. The number of benzene rings is 2. The Kier molecular flexibility index (Phi) is 5.32. The number of rotatable bonds is 6. The first-order chi connectivity index (χ1) is 12.9. The summed E-state index contributed by atoms with van der Waals surface area (Å²) in [5.74, 6) is 1.91. The molecule has 1 heterocycles. The van der Waals surface area contributed by atoms with Crippen LogP contribution < -0.4 is 14.2 Å². The molecule has 0 aliphatic rings. The van der Waals surface area contributed by atoms with Crippen molar-refractivity contribution in [2.75, 3.05) is 11.8 Å². The number of anilines is 1. The van der Waals surface area contributed by atoms with Crippen molar-refractivity contribution in [3.05, 3.63) is 72.1 Å². The molecule has 0 amide bonds. The first kappa shape index (κ1) is 18.7. The van der Waals surface area contributed by atoms with Crippen LogP contribution in [0.4, 0.5) is 5.69 Å². The van der Waals surface area contributed by atoms with E-state index < -0.39 is 10.0 Å². The van der Waals surface area contributed by atoms with Gasteiger partial charge in [-0.05, 0) is 73.5 Å². The van der Waals surface area contributed by atoms with Crippen LogP contribution in [0.3, 0.4) is 0 Å². The highest BCUT2D eigenvalue weighted by Gasteiger charge is 2.19. The number of sulfonamides is 1. The number of ether oxygens (including phenoxy) is 2. The van der Waals surface area contributed by atoms with Gasteiger partial charge in [0.15, 0.2) is 0 Å². The number of nitrogens with one attached hydrogen (secondary N) is 1. The molecule has 3 aromatic rings. The number of nitrogens with zero attached hydrogens (tertiary/aromatic N) is 1. The predicted octanol–water partition coefficient (Wildman–Crippen LogP) is 4.30. The van der Waals surface area contributed by atoms with Crippen molar-refractivity contribution in [2.45, 2.75) is 18.7 Å². The summed E-state index contributed by atoms with van der Waals surface area (Å²) in [6.45, 7) is 3.55. The van der Waals surface area contributed by atoms with E-state index in [2.05, 4.69) is 9.71 Å². The molecule has 1 aromatic heterocycles. The van der Waals surface area contributed by atoms with Crippen molar-refractivity contribution < 1.29 is 17.9 Å². The SMILES string of the molecule is COc1cc(C)c(S(=O)(=O)Nc2ccc(Oc3ccncc3)cc2)cc1C. The molecule has 0 spiro atoms. The summed E-state index contributed by atoms with van der Waals surface area (Å²) in [5.41, 5.74) is 1.82. The van der Waals surface area contributed by atoms with Crippen LogP contribution in [0.25, 0.3) is 0 Å². The van der Waals surface area contributed by atoms with Crippen molar-refractivity contribution in [3.63, 3.8) is 0 Å². The molecular formula is C20H20N2O4S. The molecule has 7 heteroatoms. The molecule has 27 heavy (non-hydrogen) atoms. The van der Waals surface area contributed by atoms with E-state index in [0.29, 0.717) is 28.5 Å². The van der Waals surface area contributed by atoms with E-state index >= 15 is 0 Å². The zero-order valence-electron chi connectivity index (χ0n) is 15.3. The Labute approximate surface area is 158 Å². The first-order valence-electron chi connectivity index (χ1n) is 8.25. The van der Waals surface area contributed by atoms with E-state index in [9.17, 15) is 8.42 Å². The summed E-state index contributed by atoms with van der Waals surface area (Å²) >= 11 is 0. The van der Waals surface area contributed by atoms with E-state index in [1.807, 2.05) is 6.92 Å². The molecule has 0 saturated carbocycles. The van der Waals surface area contributed by atoms with Gasteiger partial charge in [0.25, 0.3) is 10.0 Å². The second kappa shape index (κ2) is 7.67. The second-order valence-corrected chi connectivity index (χ2v) is 7.65. The maximum absolute atomic E-state index is 12.8. The monoisotopic (exact) mass is 384 g/mol. The van der Waals surface area contributed by atoms with Crippen LogP contribution in [0, 0.1) is 13.8 Å². The molecule has 2 aromatic carbocycles. The minimum absolute atomic E-state index is 0.220. The van der Waals surface area contributed by atoms with E-state index in [1.54, 1.807) is 75.0 Å². The van der Waals surface area contributed by atoms with Gasteiger partial charge in [-0.2, -0.15) is 0 Å². The van der Waals surface area contributed by atoms with Gasteiger partial charge in [0, 0.05) is 18.1 Å². The number of aryl methyl sites for hydroxylation is 2. The fraction of sp³-hybridized carbons (Fsp3) is 0.150. The van der Waals surface area contributed by atoms with Crippen LogP contribution in [0.15, 0.2) is 65.8 Å². The van der Waals surface area contributed by atoms with Crippen molar-refractivity contribution in [1.29, 1.82) is 0 Å². The topological polar surface area (TPSA) is 77.5 Å². The van der Waals surface area contributed by atoms with Gasteiger partial charge in [-0.25, -0.2) is 8.42 Å². The molecule has 0 atom stereocenters. The second-order valence-electron chi connectivity index (χ2n) is 6.00. The largest absolute Gasteiger partial charge is 0.496 e. The number of methoxy groups -OCH3 is 1. The molecule has 0 unspecified atom stereocenters. The first-order valence-corrected chi connectivity index (χ1v) is 9.73. The van der Waals surface area contributed by atoms with E-state index in [0.717, 1.165) is 5.56 Å². The van der Waals surface area contributed by atoms with Crippen LogP contribution in [0.2, 0.25) is 0 Å². The minimum atomic E-state index is -3.72. The van der Waals surface area contributed by atoms with Gasteiger partial charge in [-0.15, -0.1) is 0 Å². The Balaban J connectivity index is 1.79. The molecule has 140 valence electrons. The fourth-order valence-electron chi connectivity index (χ4n) is 2.62. The molecule has 0 aliphatic heterocycles. The molecule has 0 bridgehead atoms. The Morgan fingerprint density at radius 2 is 1.52 bits per heavy atom. The maximum atomic E-state index is 12.8. The van der Waals surface area contributed by atoms with Crippen LogP contribution in [-0.4, -0.2) is 20.5 Å². The zero-order chi connectivity index (χ0) is 19.4. The lowest BCUT2D eigenvalue weighted by atomic mass is 10.1. The van der Waals surface area contributed by atoms with Crippen LogP contribution in [0.1, 0.15) is 11.1 Å². The Hall–Kier alpha value is -3.06. The quantitative estimate of drug-likeness (QED) is 0.686. The fourth-order valence-corrected chi connectivity index (χ4v) is 3.99. The molecule has 0 aliphatic carbocycles. The van der Waals surface area contributed by atoms with Gasteiger partial charge in [-0.1, -0.05) is 0 Å². The average molecular weight is 384 g/mol. The molecular weight excluding hydrogens is 364 g/mol. The summed E-state index contributed by atoms with van der Waals surface area (Å²) in [6.07, 6.45) is 3.27. The summed E-state index contributed by atoms with van der Waals surface area (Å²) in [7, 11) is -2.16. The average Bonchev–Trinajstić information content (AvgIpc) is 2.65. The van der Waals surface area contributed by atoms with E-state index in [4.69, 9.17) is 9.47 Å². The summed E-state index contributed by atoms with van der Waals surface area (Å²) in [6, 6.07) is 13.5. The zero-order valence-corrected chi connectivity index (χ0v) is 16.1. The summed E-state index contributed by atoms with van der Waals surface area (Å²) in [4.78, 5) is 4.15. The maximum Gasteiger partial charge on any atom is 0.262 e. The number of aromatic nitrogens is 1. The summed E-state index contributed by atoms with van der Waals surface area (Å²) in [5, 5.41) is 0. The predicted molar refractivity (Wildman–Crippen MR) is 104 cm³/mol. The lowest BCUT2D eigenvalue weighted by Crippen LogP contribution is -2.14. The third-order valence-corrected chi connectivity index (χ3v) is 5.50.